The summed E-state index contributed by atoms with van der Waals surface area (Å²) in [5, 5.41) is 6.82. The Bertz CT molecular complexity index is 619. The number of nitrogens with one attached hydrogen (secondary N) is 1. The molecule has 1 atom stereocenters. The van der Waals surface area contributed by atoms with Crippen LogP contribution >= 0.6 is 0 Å². The van der Waals surface area contributed by atoms with Gasteiger partial charge >= 0.3 is 0 Å². The van der Waals surface area contributed by atoms with Gasteiger partial charge in [-0.15, -0.1) is 0 Å². The van der Waals surface area contributed by atoms with Crippen LogP contribution < -0.4 is 5.32 Å². The average molecular weight is 314 g/mol. The second-order valence-electron chi connectivity index (χ2n) is 5.94. The van der Waals surface area contributed by atoms with E-state index in [1.807, 2.05) is 31.2 Å². The lowest BCUT2D eigenvalue weighted by Gasteiger charge is -2.31. The molecule has 1 aliphatic rings. The molecule has 6 nitrogen and oxygen atoms in total. The number of hydrogen-bond donors (Lipinski definition) is 1. The molecule has 1 amide bonds. The molecule has 2 heterocycles. The summed E-state index contributed by atoms with van der Waals surface area (Å²) in [7, 11) is 0. The highest BCUT2D eigenvalue weighted by Crippen LogP contribution is 2.15. The lowest BCUT2D eigenvalue weighted by atomic mass is 10.1. The van der Waals surface area contributed by atoms with Gasteiger partial charge in [0.05, 0.1) is 6.04 Å². The monoisotopic (exact) mass is 314 g/mol. The number of aromatic nitrogens is 2. The van der Waals surface area contributed by atoms with Crippen molar-refractivity contribution in [1.82, 2.24) is 20.4 Å². The summed E-state index contributed by atoms with van der Waals surface area (Å²) in [5.41, 5.74) is 1.95. The van der Waals surface area contributed by atoms with Gasteiger partial charge in [-0.25, -0.2) is 0 Å². The Morgan fingerprint density at radius 1 is 1.26 bits per heavy atom. The fourth-order valence-electron chi connectivity index (χ4n) is 2.88. The average Bonchev–Trinajstić information content (AvgIpc) is 3.15. The first-order chi connectivity index (χ1) is 11.2. The highest BCUT2D eigenvalue weighted by Gasteiger charge is 2.22. The predicted octanol–water partition coefficient (Wildman–Crippen LogP) is 2.23. The van der Waals surface area contributed by atoms with Crippen LogP contribution in [-0.2, 0) is 11.3 Å². The maximum atomic E-state index is 12.3. The van der Waals surface area contributed by atoms with Gasteiger partial charge in [0.15, 0.2) is 0 Å². The predicted molar refractivity (Wildman–Crippen MR) is 86.5 cm³/mol. The Hall–Kier alpha value is -2.21. The second kappa shape index (κ2) is 7.37. The lowest BCUT2D eigenvalue weighted by Crippen LogP contribution is -2.46. The summed E-state index contributed by atoms with van der Waals surface area (Å²) in [5.74, 6) is 0.661. The number of likely N-dealkylation sites (tertiary alicyclic amines) is 1. The van der Waals surface area contributed by atoms with E-state index in [0.29, 0.717) is 12.4 Å². The van der Waals surface area contributed by atoms with E-state index in [4.69, 9.17) is 4.52 Å². The van der Waals surface area contributed by atoms with E-state index < -0.39 is 0 Å². The Labute approximate surface area is 135 Å². The number of carbonyl (C=O) groups excluding carboxylic acids is 1. The van der Waals surface area contributed by atoms with Crippen molar-refractivity contribution in [3.8, 4) is 11.4 Å². The summed E-state index contributed by atoms with van der Waals surface area (Å²) in [6.45, 7) is 4.56. The van der Waals surface area contributed by atoms with Crippen molar-refractivity contribution in [2.24, 2.45) is 0 Å². The SMILES string of the molecule is CC(C(=O)NCc1ccc(-c2ncon2)cc1)N1CCCCC1. The number of amides is 1. The molecule has 0 aliphatic carbocycles. The third kappa shape index (κ3) is 3.96. The summed E-state index contributed by atoms with van der Waals surface area (Å²) in [6, 6.07) is 7.74. The molecule has 6 heteroatoms. The molecular formula is C17H22N4O2. The van der Waals surface area contributed by atoms with Gasteiger partial charge in [0, 0.05) is 12.1 Å². The number of piperidine rings is 1. The molecule has 0 bridgehead atoms. The molecular weight excluding hydrogens is 292 g/mol. The van der Waals surface area contributed by atoms with Crippen molar-refractivity contribution in [2.45, 2.75) is 38.8 Å². The Morgan fingerprint density at radius 3 is 2.65 bits per heavy atom. The summed E-state index contributed by atoms with van der Waals surface area (Å²) < 4.78 is 4.74. The van der Waals surface area contributed by atoms with Crippen LogP contribution in [0.3, 0.4) is 0 Å². The number of hydrogen-bond acceptors (Lipinski definition) is 5. The molecule has 122 valence electrons. The largest absolute Gasteiger partial charge is 0.351 e. The van der Waals surface area contributed by atoms with Crippen LogP contribution in [0.2, 0.25) is 0 Å². The summed E-state index contributed by atoms with van der Waals surface area (Å²) in [4.78, 5) is 18.6. The second-order valence-corrected chi connectivity index (χ2v) is 5.94. The molecule has 1 unspecified atom stereocenters. The molecule has 1 aromatic heterocycles. The van der Waals surface area contributed by atoms with Crippen molar-refractivity contribution >= 4 is 5.91 Å². The van der Waals surface area contributed by atoms with E-state index in [9.17, 15) is 4.79 Å². The van der Waals surface area contributed by atoms with Crippen LogP contribution in [0, 0.1) is 0 Å². The van der Waals surface area contributed by atoms with Gasteiger partial charge in [-0.05, 0) is 38.4 Å². The minimum Gasteiger partial charge on any atom is -0.351 e. The van der Waals surface area contributed by atoms with Crippen LogP contribution in [0.5, 0.6) is 0 Å². The van der Waals surface area contributed by atoms with Crippen molar-refractivity contribution in [1.29, 1.82) is 0 Å². The topological polar surface area (TPSA) is 71.3 Å². The molecule has 1 fully saturated rings. The summed E-state index contributed by atoms with van der Waals surface area (Å²) >= 11 is 0. The smallest absolute Gasteiger partial charge is 0.237 e. The number of carbonyl (C=O) groups is 1. The van der Waals surface area contributed by atoms with E-state index in [1.54, 1.807) is 0 Å². The maximum absolute atomic E-state index is 12.3. The van der Waals surface area contributed by atoms with Crippen LogP contribution in [-0.4, -0.2) is 40.1 Å². The van der Waals surface area contributed by atoms with Crippen LogP contribution in [0.4, 0.5) is 0 Å². The van der Waals surface area contributed by atoms with Crippen molar-refractivity contribution in [2.75, 3.05) is 13.1 Å². The Kier molecular flexibility index (Phi) is 5.02. The number of rotatable bonds is 5. The van der Waals surface area contributed by atoms with Crippen LogP contribution in [0.15, 0.2) is 35.2 Å². The van der Waals surface area contributed by atoms with E-state index in [2.05, 4.69) is 20.4 Å². The van der Waals surface area contributed by atoms with E-state index in [0.717, 1.165) is 24.2 Å². The molecule has 23 heavy (non-hydrogen) atoms. The third-order valence-electron chi connectivity index (χ3n) is 4.36. The fourth-order valence-corrected chi connectivity index (χ4v) is 2.88. The quantitative estimate of drug-likeness (QED) is 0.916. The zero-order valence-corrected chi connectivity index (χ0v) is 13.4. The molecule has 0 radical (unpaired) electrons. The molecule has 0 saturated carbocycles. The van der Waals surface area contributed by atoms with Crippen LogP contribution in [0.25, 0.3) is 11.4 Å². The van der Waals surface area contributed by atoms with Crippen molar-refractivity contribution in [3.63, 3.8) is 0 Å². The summed E-state index contributed by atoms with van der Waals surface area (Å²) in [6.07, 6.45) is 4.97. The molecule has 2 aromatic rings. The Morgan fingerprint density at radius 2 is 2.00 bits per heavy atom. The molecule has 1 saturated heterocycles. The standard InChI is InChI=1S/C17H22N4O2/c1-13(21-9-3-2-4-10-21)17(22)18-11-14-5-7-15(8-6-14)16-19-12-23-20-16/h5-8,12-13H,2-4,9-11H2,1H3,(H,18,22). The number of benzene rings is 1. The minimum atomic E-state index is -0.0612. The first kappa shape index (κ1) is 15.7. The highest BCUT2D eigenvalue weighted by atomic mass is 16.5. The normalized spacial score (nSPS) is 16.9. The van der Waals surface area contributed by atoms with Gasteiger partial charge < -0.3 is 9.84 Å². The van der Waals surface area contributed by atoms with Gasteiger partial charge in [-0.2, -0.15) is 4.98 Å². The fraction of sp³-hybridized carbons (Fsp3) is 0.471. The zero-order valence-electron chi connectivity index (χ0n) is 13.4. The molecule has 3 rings (SSSR count). The van der Waals surface area contributed by atoms with Gasteiger partial charge in [-0.1, -0.05) is 35.8 Å². The third-order valence-corrected chi connectivity index (χ3v) is 4.36. The van der Waals surface area contributed by atoms with Gasteiger partial charge in [0.2, 0.25) is 18.1 Å². The molecule has 1 aliphatic heterocycles. The maximum Gasteiger partial charge on any atom is 0.237 e. The minimum absolute atomic E-state index is 0.0612. The zero-order chi connectivity index (χ0) is 16.1. The van der Waals surface area contributed by atoms with Gasteiger partial charge in [-0.3, -0.25) is 9.69 Å². The van der Waals surface area contributed by atoms with Gasteiger partial charge in [0.25, 0.3) is 0 Å². The highest BCUT2D eigenvalue weighted by molar-refractivity contribution is 5.81. The first-order valence-corrected chi connectivity index (χ1v) is 8.11. The van der Waals surface area contributed by atoms with E-state index in [1.165, 1.54) is 25.7 Å². The Balaban J connectivity index is 1.52. The van der Waals surface area contributed by atoms with Crippen LogP contribution in [0.1, 0.15) is 31.7 Å². The lowest BCUT2D eigenvalue weighted by molar-refractivity contribution is -0.126. The molecule has 1 N–H and O–H groups in total. The first-order valence-electron chi connectivity index (χ1n) is 8.11. The van der Waals surface area contributed by atoms with Gasteiger partial charge in [0.1, 0.15) is 0 Å². The van der Waals surface area contributed by atoms with Crippen molar-refractivity contribution in [3.05, 3.63) is 36.2 Å². The van der Waals surface area contributed by atoms with E-state index in [-0.39, 0.29) is 11.9 Å². The molecule has 1 aromatic carbocycles. The van der Waals surface area contributed by atoms with E-state index >= 15 is 0 Å². The molecule has 0 spiro atoms. The van der Waals surface area contributed by atoms with Crippen molar-refractivity contribution < 1.29 is 9.32 Å². The number of nitrogens with zero attached hydrogens (tertiary/aromatic N) is 3.